The number of rotatable bonds is 8. The van der Waals surface area contributed by atoms with Crippen molar-refractivity contribution in [1.29, 1.82) is 0 Å². The molecule has 4 heterocycles. The first kappa shape index (κ1) is 64.3. The zero-order valence-electron chi connectivity index (χ0n) is 58.1. The lowest BCUT2D eigenvalue weighted by molar-refractivity contribution is 0.426. The van der Waals surface area contributed by atoms with Gasteiger partial charge in [-0.25, -0.2) is 0 Å². The highest BCUT2D eigenvalue weighted by atomic mass is 79.9. The standard InChI is InChI=1S/C50H30O2.C32H21BO3.C18H11BrO/c1-3-16-41-39(14-1)49(32-22-20-31(21-23-32)34-24-26-47-43(29-34)37-12-5-7-18-45(37)51-47)40-15-2-4-17-42(40)50(41)36-11-9-10-33(28-36)35-25-27-48-44(30-35)38-13-6-8-19-46(38)52-48;34-33(35)32-26-10-3-1-8-24(26)31(25-9-2-4-11-27(25)32)21-15-13-20(14-16-21)22-17-18-30-28(19-22)23-7-5-6-12-29(23)36-30;19-14-5-3-4-12(10-14)13-8-9-18-16(11-13)15-6-1-2-7-17(15)20-18/h1-30H;1-19,34-35H;1-11H. The summed E-state index contributed by atoms with van der Waals surface area (Å²) in [5.41, 5.74) is 24.3. The van der Waals surface area contributed by atoms with E-state index in [1.54, 1.807) is 0 Å². The van der Waals surface area contributed by atoms with E-state index in [1.165, 1.54) is 82.6 Å². The van der Waals surface area contributed by atoms with Gasteiger partial charge in [-0.05, 0) is 217 Å². The Morgan fingerprint density at radius 2 is 0.407 bits per heavy atom. The number of hydrogen-bond donors (Lipinski definition) is 2. The second-order valence-electron chi connectivity index (χ2n) is 27.6. The maximum Gasteiger partial charge on any atom is 0.489 e. The molecule has 0 aliphatic rings. The minimum Gasteiger partial charge on any atom is -0.456 e. The lowest BCUT2D eigenvalue weighted by Gasteiger charge is -2.18. The molecule has 108 heavy (non-hydrogen) atoms. The van der Waals surface area contributed by atoms with Crippen LogP contribution in [0.25, 0.3) is 209 Å². The minimum absolute atomic E-state index is 0.544. The molecular formula is C100H62BBrO6. The molecule has 0 unspecified atom stereocenters. The molecule has 0 aliphatic heterocycles. The molecule has 0 atom stereocenters. The normalized spacial score (nSPS) is 11.7. The molecule has 0 saturated heterocycles. The topological polar surface area (TPSA) is 93.0 Å². The second-order valence-corrected chi connectivity index (χ2v) is 28.5. The Bertz CT molecular complexity index is 7190. The maximum absolute atomic E-state index is 10.2. The van der Waals surface area contributed by atoms with Crippen LogP contribution in [0.4, 0.5) is 0 Å². The third-order valence-corrected chi connectivity index (χ3v) is 21.8. The Morgan fingerprint density at radius 1 is 0.176 bits per heavy atom. The highest BCUT2D eigenvalue weighted by Crippen LogP contribution is 2.47. The van der Waals surface area contributed by atoms with E-state index in [0.717, 1.165) is 131 Å². The Labute approximate surface area is 629 Å². The first-order valence-corrected chi connectivity index (χ1v) is 37.0. The van der Waals surface area contributed by atoms with Gasteiger partial charge < -0.3 is 27.7 Å². The molecule has 0 saturated carbocycles. The maximum atomic E-state index is 10.2. The van der Waals surface area contributed by atoms with Crippen LogP contribution < -0.4 is 5.46 Å². The molecule has 0 bridgehead atoms. The summed E-state index contributed by atoms with van der Waals surface area (Å²) in [5, 5.41) is 38.2. The molecule has 8 heteroatoms. The molecule has 0 fully saturated rings. The van der Waals surface area contributed by atoms with Crippen LogP contribution >= 0.6 is 15.9 Å². The Kier molecular flexibility index (Phi) is 15.9. The summed E-state index contributed by atoms with van der Waals surface area (Å²) < 4.78 is 25.2. The van der Waals surface area contributed by atoms with Crippen molar-refractivity contribution in [3.05, 3.63) is 368 Å². The van der Waals surface area contributed by atoms with Gasteiger partial charge in [0.15, 0.2) is 0 Å². The largest absolute Gasteiger partial charge is 0.489 e. The van der Waals surface area contributed by atoms with Crippen LogP contribution in [0.5, 0.6) is 0 Å². The van der Waals surface area contributed by atoms with E-state index in [4.69, 9.17) is 17.7 Å². The van der Waals surface area contributed by atoms with E-state index in [0.29, 0.717) is 5.46 Å². The van der Waals surface area contributed by atoms with Crippen LogP contribution in [-0.4, -0.2) is 17.2 Å². The van der Waals surface area contributed by atoms with Gasteiger partial charge in [0.1, 0.15) is 44.7 Å². The SMILES string of the molecule is Brc1cccc(-c2ccc3oc4ccccc4c3c2)c1.OB(O)c1c2ccccc2c(-c2ccc(-c3ccc4oc5ccccc5c4c3)cc2)c2ccccc12.c1cc(-c2ccc3oc4ccccc4c3c2)cc(-c2c3ccccc3c(-c3ccc(-c4ccc5oc6ccccc6c5c4)cc3)c3ccccc23)c1. The molecule has 4 aromatic heterocycles. The quantitative estimate of drug-likeness (QED) is 0.116. The van der Waals surface area contributed by atoms with Gasteiger partial charge in [0.05, 0.1) is 0 Å². The molecule has 508 valence electrons. The smallest absolute Gasteiger partial charge is 0.456 e. The van der Waals surface area contributed by atoms with Crippen LogP contribution in [-0.2, 0) is 0 Å². The number of benzene rings is 18. The van der Waals surface area contributed by atoms with E-state index < -0.39 is 7.12 Å². The third kappa shape index (κ3) is 11.3. The average Bonchev–Trinajstić information content (AvgIpc) is 1.08. The summed E-state index contributed by atoms with van der Waals surface area (Å²) in [6.07, 6.45) is 0. The summed E-state index contributed by atoms with van der Waals surface area (Å²) in [6, 6.07) is 127. The van der Waals surface area contributed by atoms with Crippen LogP contribution in [0.1, 0.15) is 0 Å². The molecule has 0 spiro atoms. The van der Waals surface area contributed by atoms with Gasteiger partial charge >= 0.3 is 7.12 Å². The van der Waals surface area contributed by atoms with E-state index in [9.17, 15) is 10.0 Å². The fourth-order valence-electron chi connectivity index (χ4n) is 16.3. The van der Waals surface area contributed by atoms with Crippen molar-refractivity contribution in [2.75, 3.05) is 0 Å². The lowest BCUT2D eigenvalue weighted by Crippen LogP contribution is -2.31. The summed E-state index contributed by atoms with van der Waals surface area (Å²) in [5.74, 6) is 0. The van der Waals surface area contributed by atoms with Crippen molar-refractivity contribution >= 4 is 159 Å². The summed E-state index contributed by atoms with van der Waals surface area (Å²) >= 11 is 3.52. The van der Waals surface area contributed by atoms with E-state index in [2.05, 4.69) is 265 Å². The summed E-state index contributed by atoms with van der Waals surface area (Å²) in [7, 11) is -1.55. The van der Waals surface area contributed by atoms with Crippen LogP contribution in [0.15, 0.2) is 386 Å². The van der Waals surface area contributed by atoms with Crippen molar-refractivity contribution in [1.82, 2.24) is 0 Å². The predicted octanol–water partition coefficient (Wildman–Crippen LogP) is 27.4. The fourth-order valence-corrected chi connectivity index (χ4v) is 16.7. The summed E-state index contributed by atoms with van der Waals surface area (Å²) in [6.45, 7) is 0. The van der Waals surface area contributed by atoms with Gasteiger partial charge in [0.25, 0.3) is 0 Å². The lowest BCUT2D eigenvalue weighted by atomic mass is 9.72. The molecule has 0 radical (unpaired) electrons. The van der Waals surface area contributed by atoms with Crippen LogP contribution in [0.3, 0.4) is 0 Å². The van der Waals surface area contributed by atoms with E-state index in [1.807, 2.05) is 115 Å². The minimum atomic E-state index is -1.55. The Balaban J connectivity index is 0.000000118. The van der Waals surface area contributed by atoms with Crippen molar-refractivity contribution in [2.24, 2.45) is 0 Å². The molecule has 22 rings (SSSR count). The van der Waals surface area contributed by atoms with Crippen molar-refractivity contribution < 1.29 is 27.7 Å². The zero-order chi connectivity index (χ0) is 71.9. The number of para-hydroxylation sites is 4. The highest BCUT2D eigenvalue weighted by molar-refractivity contribution is 9.10. The van der Waals surface area contributed by atoms with Gasteiger partial charge in [-0.1, -0.05) is 289 Å². The van der Waals surface area contributed by atoms with Gasteiger partial charge in [-0.3, -0.25) is 0 Å². The van der Waals surface area contributed by atoms with Gasteiger partial charge in [0, 0.05) is 47.6 Å². The summed E-state index contributed by atoms with van der Waals surface area (Å²) in [4.78, 5) is 0. The molecule has 0 aliphatic carbocycles. The zero-order valence-corrected chi connectivity index (χ0v) is 59.7. The first-order valence-electron chi connectivity index (χ1n) is 36.2. The van der Waals surface area contributed by atoms with Gasteiger partial charge in [-0.15, -0.1) is 0 Å². The average molecular weight is 1450 g/mol. The Hall–Kier alpha value is -13.3. The van der Waals surface area contributed by atoms with Crippen molar-refractivity contribution in [2.45, 2.75) is 0 Å². The van der Waals surface area contributed by atoms with Gasteiger partial charge in [-0.2, -0.15) is 0 Å². The highest BCUT2D eigenvalue weighted by Gasteiger charge is 2.24. The van der Waals surface area contributed by atoms with E-state index in [-0.39, 0.29) is 0 Å². The fraction of sp³-hybridized carbons (Fsp3) is 0. The predicted molar refractivity (Wildman–Crippen MR) is 454 cm³/mol. The molecule has 6 nitrogen and oxygen atoms in total. The van der Waals surface area contributed by atoms with Gasteiger partial charge in [0.2, 0.25) is 0 Å². The molecular weight excluding hydrogens is 1390 g/mol. The number of hydrogen-bond acceptors (Lipinski definition) is 6. The van der Waals surface area contributed by atoms with E-state index >= 15 is 0 Å². The molecule has 2 N–H and O–H groups in total. The van der Waals surface area contributed by atoms with Crippen LogP contribution in [0, 0.1) is 0 Å². The van der Waals surface area contributed by atoms with Crippen molar-refractivity contribution in [3.8, 4) is 77.9 Å². The molecule has 18 aromatic carbocycles. The number of halogens is 1. The monoisotopic (exact) mass is 1450 g/mol. The number of furan rings is 4. The second kappa shape index (κ2) is 26.7. The Morgan fingerprint density at radius 3 is 0.741 bits per heavy atom. The molecule has 22 aromatic rings. The number of fused-ring (bicyclic) bond motifs is 16. The first-order chi connectivity index (χ1) is 53.3. The molecule has 0 amide bonds. The third-order valence-electron chi connectivity index (χ3n) is 21.3. The van der Waals surface area contributed by atoms with Crippen LogP contribution in [0.2, 0.25) is 0 Å². The van der Waals surface area contributed by atoms with Crippen molar-refractivity contribution in [3.63, 3.8) is 0 Å².